The minimum absolute atomic E-state index is 0.100. The van der Waals surface area contributed by atoms with E-state index in [-0.39, 0.29) is 15.5 Å². The highest BCUT2D eigenvalue weighted by atomic mass is 32.3. The Bertz CT molecular complexity index is 2900. The Balaban J connectivity index is 0.000000246. The van der Waals surface area contributed by atoms with Gasteiger partial charge in [0.2, 0.25) is 0 Å². The normalized spacial score (nSPS) is 11.6. The maximum atomic E-state index is 11.9. The average molecular weight is 1050 g/mol. The molecule has 0 fully saturated rings. The lowest BCUT2D eigenvalue weighted by molar-refractivity contribution is 0.586. The molecule has 0 atom stereocenters. The Hall–Kier alpha value is -4.26. The fourth-order valence-corrected chi connectivity index (χ4v) is 13.4. The van der Waals surface area contributed by atoms with Gasteiger partial charge in [0.1, 0.15) is 20.0 Å². The van der Waals surface area contributed by atoms with Crippen molar-refractivity contribution in [3.05, 3.63) is 186 Å². The standard InChI is InChI=1S/2C16H18S.C14H22NO4S2.C7H8NO4S2/c2*1-11-5-7-15(8-6-11)17-16-10-13(3)12(2)9-14(16)4;1-2-3-4-5-6-10-13-20(16,17)15-21(18,19)14-11-8-7-9-12-14;1-13(9,10)8-14(11,12)7-5-3-2-4-6-7/h2*5-10H,1-4H3;7-9,11-12H,2-6,10,13H2,1H3;2-6H,1H3/q;;2*-1. The van der Waals surface area contributed by atoms with Crippen molar-refractivity contribution in [3.8, 4) is 0 Å². The summed E-state index contributed by atoms with van der Waals surface area (Å²) in [6, 6.07) is 41.1. The Morgan fingerprint density at radius 1 is 0.406 bits per heavy atom. The van der Waals surface area contributed by atoms with Gasteiger partial charge in [-0.2, -0.15) is 0 Å². The Labute approximate surface area is 422 Å². The smallest absolute Gasteiger partial charge is 0.112 e. The van der Waals surface area contributed by atoms with Crippen molar-refractivity contribution in [2.75, 3.05) is 12.0 Å². The molecule has 6 rings (SSSR count). The van der Waals surface area contributed by atoms with Crippen molar-refractivity contribution in [3.63, 3.8) is 0 Å². The summed E-state index contributed by atoms with van der Waals surface area (Å²) in [7, 11) is -16.0. The summed E-state index contributed by atoms with van der Waals surface area (Å²) in [5.74, 6) is -0.217. The zero-order valence-corrected chi connectivity index (χ0v) is 46.2. The average Bonchev–Trinajstić information content (AvgIpc) is 3.27. The molecule has 0 heterocycles. The lowest BCUT2D eigenvalue weighted by atomic mass is 10.1. The Kier molecular flexibility index (Phi) is 23.9. The summed E-state index contributed by atoms with van der Waals surface area (Å²) in [6.07, 6.45) is 6.26. The van der Waals surface area contributed by atoms with E-state index in [1.165, 1.54) is 113 Å². The largest absolute Gasteiger partial charge is 0.432 e. The molecule has 0 amide bonds. The summed E-state index contributed by atoms with van der Waals surface area (Å²) in [4.78, 5) is 5.10. The third-order valence-corrected chi connectivity index (χ3v) is 18.8. The fraction of sp³-hybridized carbons (Fsp3) is 0.321. The van der Waals surface area contributed by atoms with E-state index in [9.17, 15) is 33.7 Å². The lowest BCUT2D eigenvalue weighted by Crippen LogP contribution is -2.11. The van der Waals surface area contributed by atoms with Crippen LogP contribution < -0.4 is 0 Å². The van der Waals surface area contributed by atoms with Gasteiger partial charge in [-0.25, -0.2) is 33.7 Å². The number of hydrogen-bond acceptors (Lipinski definition) is 10. The number of benzene rings is 6. The molecule has 6 aromatic carbocycles. The van der Waals surface area contributed by atoms with Crippen molar-refractivity contribution < 1.29 is 33.7 Å². The first-order valence-electron chi connectivity index (χ1n) is 22.5. The molecule has 0 aliphatic heterocycles. The Morgan fingerprint density at radius 2 is 0.754 bits per heavy atom. The molecule has 10 nitrogen and oxygen atoms in total. The molecule has 0 spiro atoms. The molecule has 16 heteroatoms. The Morgan fingerprint density at radius 3 is 1.13 bits per heavy atom. The van der Waals surface area contributed by atoms with Crippen molar-refractivity contribution in [1.29, 1.82) is 0 Å². The summed E-state index contributed by atoms with van der Waals surface area (Å²) in [6.45, 7) is 19.4. The van der Waals surface area contributed by atoms with Crippen LogP contribution in [0.4, 0.5) is 0 Å². The van der Waals surface area contributed by atoms with E-state index < -0.39 is 40.1 Å². The quantitative estimate of drug-likeness (QED) is 0.0803. The molecule has 0 aromatic heterocycles. The molecule has 69 heavy (non-hydrogen) atoms. The van der Waals surface area contributed by atoms with Gasteiger partial charge in [-0.05, 0) is 156 Å². The van der Waals surface area contributed by atoms with Crippen LogP contribution in [0.2, 0.25) is 0 Å². The van der Waals surface area contributed by atoms with Gasteiger partial charge in [-0.3, -0.25) is 0 Å². The van der Waals surface area contributed by atoms with E-state index in [0.717, 1.165) is 38.4 Å². The van der Waals surface area contributed by atoms with Crippen molar-refractivity contribution in [2.24, 2.45) is 0 Å². The van der Waals surface area contributed by atoms with Crippen LogP contribution >= 0.6 is 23.5 Å². The summed E-state index contributed by atoms with van der Waals surface area (Å²) >= 11 is 3.69. The van der Waals surface area contributed by atoms with Gasteiger partial charge in [0.15, 0.2) is 0 Å². The van der Waals surface area contributed by atoms with Crippen molar-refractivity contribution in [1.82, 2.24) is 0 Å². The van der Waals surface area contributed by atoms with Crippen LogP contribution in [0.1, 0.15) is 90.0 Å². The number of unbranched alkanes of at least 4 members (excludes halogenated alkanes) is 5. The number of hydrogen-bond donors (Lipinski definition) is 0. The summed E-state index contributed by atoms with van der Waals surface area (Å²) in [5.41, 5.74) is 10.8. The highest BCUT2D eigenvalue weighted by Gasteiger charge is 2.11. The maximum absolute atomic E-state index is 11.9. The van der Waals surface area contributed by atoms with E-state index >= 15 is 0 Å². The van der Waals surface area contributed by atoms with Crippen molar-refractivity contribution >= 4 is 63.6 Å². The first-order chi connectivity index (χ1) is 32.3. The zero-order valence-electron chi connectivity index (χ0n) is 41.3. The monoisotopic (exact) mass is 1050 g/mol. The molecule has 0 N–H and O–H groups in total. The predicted octanol–water partition coefficient (Wildman–Crippen LogP) is 14.3. The minimum atomic E-state index is -4.13. The van der Waals surface area contributed by atoms with Crippen LogP contribution in [0.5, 0.6) is 0 Å². The van der Waals surface area contributed by atoms with Crippen LogP contribution in [0.25, 0.3) is 8.25 Å². The van der Waals surface area contributed by atoms with E-state index in [4.69, 9.17) is 0 Å². The van der Waals surface area contributed by atoms with Crippen LogP contribution in [-0.2, 0) is 40.1 Å². The predicted molar refractivity (Wildman–Crippen MR) is 288 cm³/mol. The lowest BCUT2D eigenvalue weighted by Gasteiger charge is -2.20. The van der Waals surface area contributed by atoms with Gasteiger partial charge >= 0.3 is 0 Å². The number of rotatable bonds is 17. The molecule has 0 aliphatic carbocycles. The first-order valence-corrected chi connectivity index (χ1v) is 30.4. The highest BCUT2D eigenvalue weighted by molar-refractivity contribution is 8.12. The molecule has 0 bridgehead atoms. The molecule has 0 saturated heterocycles. The van der Waals surface area contributed by atoms with Gasteiger partial charge in [0, 0.05) is 41.4 Å². The molecule has 0 aliphatic rings. The fourth-order valence-electron chi connectivity index (χ4n) is 6.26. The van der Waals surface area contributed by atoms with Crippen LogP contribution in [0.3, 0.4) is 0 Å². The second-order valence-electron chi connectivity index (χ2n) is 16.7. The number of aryl methyl sites for hydroxylation is 8. The first kappa shape index (κ1) is 59.1. The van der Waals surface area contributed by atoms with E-state index in [1.807, 2.05) is 23.5 Å². The van der Waals surface area contributed by atoms with Crippen LogP contribution in [0, 0.1) is 55.4 Å². The van der Waals surface area contributed by atoms with E-state index in [2.05, 4.69) is 143 Å². The topological polar surface area (TPSA) is 165 Å². The third-order valence-electron chi connectivity index (χ3n) is 10.4. The molecule has 0 radical (unpaired) electrons. The minimum Gasteiger partial charge on any atom is -0.432 e. The molecule has 6 aromatic rings. The maximum Gasteiger partial charge on any atom is 0.112 e. The van der Waals surface area contributed by atoms with Crippen LogP contribution in [-0.4, -0.2) is 45.7 Å². The molecular weight excluding hydrogens is 985 g/mol. The van der Waals surface area contributed by atoms with Gasteiger partial charge in [0.25, 0.3) is 0 Å². The van der Waals surface area contributed by atoms with Crippen molar-refractivity contribution in [2.45, 2.75) is 130 Å². The van der Waals surface area contributed by atoms with Gasteiger partial charge in [0.05, 0.1) is 20.0 Å². The van der Waals surface area contributed by atoms with Gasteiger partial charge < -0.3 is 8.25 Å². The number of nitrogens with zero attached hydrogens (tertiary/aromatic N) is 2. The number of sulfonamides is 4. The second kappa shape index (κ2) is 28.0. The van der Waals surface area contributed by atoms with E-state index in [0.29, 0.717) is 6.42 Å². The highest BCUT2D eigenvalue weighted by Crippen LogP contribution is 2.33. The molecular formula is C53H66N2O8S6-2. The van der Waals surface area contributed by atoms with Gasteiger partial charge in [-0.1, -0.05) is 146 Å². The molecule has 0 saturated carbocycles. The third kappa shape index (κ3) is 22.1. The second-order valence-corrected chi connectivity index (χ2v) is 26.1. The van der Waals surface area contributed by atoms with Gasteiger partial charge in [-0.15, -0.1) is 0 Å². The summed E-state index contributed by atoms with van der Waals surface area (Å²) in [5, 5.41) is 0. The zero-order chi connectivity index (χ0) is 51.4. The SMILES string of the molecule is CCCCCCCCS(=O)(=O)[N-]S(=O)(=O)c1ccccc1.CS(=O)(=O)[N-]S(=O)(=O)c1ccccc1.Cc1ccc(Sc2cc(C)c(C)cc2C)cc1.Cc1ccc(Sc2cc(C)c(C)cc2C)cc1. The molecule has 0 unspecified atom stereocenters. The molecule has 374 valence electrons. The van der Waals surface area contributed by atoms with E-state index in [1.54, 1.807) is 12.1 Å². The summed E-state index contributed by atoms with van der Waals surface area (Å²) < 4.78 is 97.1. The van der Waals surface area contributed by atoms with Crippen LogP contribution in [0.15, 0.2) is 163 Å².